The summed E-state index contributed by atoms with van der Waals surface area (Å²) in [6, 6.07) is 0. The third-order valence-electron chi connectivity index (χ3n) is 5.75. The number of aryl methyl sites for hydroxylation is 2. The number of hydrogen-bond donors (Lipinski definition) is 2. The number of ketones is 2. The summed E-state index contributed by atoms with van der Waals surface area (Å²) in [6.07, 6.45) is 6.47. The van der Waals surface area contributed by atoms with Crippen molar-refractivity contribution in [1.29, 1.82) is 0 Å². The summed E-state index contributed by atoms with van der Waals surface area (Å²) < 4.78 is 2.67. The topological polar surface area (TPSA) is 180 Å². The fourth-order valence-electron chi connectivity index (χ4n) is 3.45. The molecule has 2 heterocycles. The summed E-state index contributed by atoms with van der Waals surface area (Å²) in [7, 11) is 0. The van der Waals surface area contributed by atoms with Crippen molar-refractivity contribution in [2.45, 2.75) is 71.1 Å². The van der Waals surface area contributed by atoms with E-state index in [1.165, 1.54) is 33.9 Å². The molecule has 0 aromatic carbocycles. The largest absolute Gasteiger partial charge is 0.434 e. The van der Waals surface area contributed by atoms with Gasteiger partial charge in [0.2, 0.25) is 0 Å². The Morgan fingerprint density at radius 1 is 0.829 bits per heavy atom. The lowest BCUT2D eigenvalue weighted by Gasteiger charge is -2.27. The highest BCUT2D eigenvalue weighted by Crippen LogP contribution is 2.14. The Bertz CT molecular complexity index is 976. The molecular formula is C21H32N8O6. The van der Waals surface area contributed by atoms with E-state index in [1.54, 1.807) is 27.7 Å². The van der Waals surface area contributed by atoms with E-state index in [4.69, 9.17) is 0 Å². The molecule has 0 aliphatic heterocycles. The second kappa shape index (κ2) is 11.8. The van der Waals surface area contributed by atoms with Crippen LogP contribution >= 0.6 is 0 Å². The van der Waals surface area contributed by atoms with Crippen LogP contribution in [-0.2, 0) is 22.7 Å². The van der Waals surface area contributed by atoms with Crippen LogP contribution in [0.5, 0.6) is 0 Å². The molecule has 2 aromatic rings. The van der Waals surface area contributed by atoms with Crippen molar-refractivity contribution in [2.24, 2.45) is 0 Å². The molecule has 0 saturated heterocycles. The maximum absolute atomic E-state index is 12.6. The Morgan fingerprint density at radius 3 is 1.54 bits per heavy atom. The fraction of sp³-hybridized carbons (Fsp3) is 0.619. The molecule has 14 heteroatoms. The van der Waals surface area contributed by atoms with E-state index in [-0.39, 0.29) is 49.4 Å². The van der Waals surface area contributed by atoms with Crippen molar-refractivity contribution < 1.29 is 19.4 Å². The third-order valence-corrected chi connectivity index (χ3v) is 5.75. The molecule has 0 radical (unpaired) electrons. The minimum Gasteiger partial charge on any atom is -0.390 e. The second-order valence-corrected chi connectivity index (χ2v) is 9.16. The molecule has 0 saturated carbocycles. The first kappa shape index (κ1) is 27.7. The highest BCUT2D eigenvalue weighted by Gasteiger charge is 2.29. The van der Waals surface area contributed by atoms with Gasteiger partial charge in [0.1, 0.15) is 24.8 Å². The molecule has 2 rings (SSSR count). The highest BCUT2D eigenvalue weighted by molar-refractivity contribution is 5.88. The van der Waals surface area contributed by atoms with Gasteiger partial charge < -0.3 is 30.9 Å². The molecule has 14 nitrogen and oxygen atoms in total. The molecule has 2 N–H and O–H groups in total. The molecule has 192 valence electrons. The number of aromatic nitrogens is 4. The number of imidazole rings is 2. The van der Waals surface area contributed by atoms with E-state index in [9.17, 15) is 29.8 Å². The number of nitro groups is 2. The van der Waals surface area contributed by atoms with E-state index in [1.807, 2.05) is 0 Å². The van der Waals surface area contributed by atoms with Crippen LogP contribution in [0, 0.1) is 20.2 Å². The molecule has 0 atom stereocenters. The fourth-order valence-corrected chi connectivity index (χ4v) is 3.45. The van der Waals surface area contributed by atoms with Crippen LogP contribution in [0.15, 0.2) is 24.8 Å². The van der Waals surface area contributed by atoms with Gasteiger partial charge in [0.05, 0.1) is 24.2 Å². The maximum Gasteiger partial charge on any atom is 0.434 e. The van der Waals surface area contributed by atoms with E-state index < -0.39 is 20.9 Å². The number of nitrogens with zero attached hydrogens (tertiary/aromatic N) is 6. The maximum atomic E-state index is 12.6. The Balaban J connectivity index is 1.72. The summed E-state index contributed by atoms with van der Waals surface area (Å²) in [5.41, 5.74) is -1.64. The Kier molecular flexibility index (Phi) is 9.31. The summed E-state index contributed by atoms with van der Waals surface area (Å²) in [5.74, 6) is -0.764. The van der Waals surface area contributed by atoms with Crippen LogP contribution in [0.1, 0.15) is 47.0 Å². The second-order valence-electron chi connectivity index (χ2n) is 9.16. The molecule has 0 amide bonds. The first-order chi connectivity index (χ1) is 16.3. The van der Waals surface area contributed by atoms with E-state index in [2.05, 4.69) is 20.6 Å². The summed E-state index contributed by atoms with van der Waals surface area (Å²) in [4.78, 5) is 53.3. The number of carbonyl (C=O) groups excluding carboxylic acids is 2. The Morgan fingerprint density at radius 2 is 1.20 bits per heavy atom. The van der Waals surface area contributed by atoms with Gasteiger partial charge in [-0.3, -0.25) is 9.59 Å². The van der Waals surface area contributed by atoms with Crippen LogP contribution in [0.25, 0.3) is 0 Å². The molecule has 0 fully saturated rings. The number of Topliss-reactive ketones (excluding diaryl/α,β-unsaturated/α-hetero) is 2. The molecular weight excluding hydrogens is 460 g/mol. The van der Waals surface area contributed by atoms with Gasteiger partial charge in [-0.05, 0) is 57.1 Å². The van der Waals surface area contributed by atoms with Gasteiger partial charge in [-0.2, -0.15) is 0 Å². The van der Waals surface area contributed by atoms with Gasteiger partial charge in [-0.25, -0.2) is 9.13 Å². The predicted octanol–water partition coefficient (Wildman–Crippen LogP) is 1.64. The minimum atomic E-state index is -0.819. The van der Waals surface area contributed by atoms with Gasteiger partial charge in [-0.1, -0.05) is 9.97 Å². The average Bonchev–Trinajstić information content (AvgIpc) is 3.44. The predicted molar refractivity (Wildman–Crippen MR) is 126 cm³/mol. The van der Waals surface area contributed by atoms with Crippen LogP contribution < -0.4 is 10.6 Å². The van der Waals surface area contributed by atoms with Gasteiger partial charge in [0.25, 0.3) is 0 Å². The lowest BCUT2D eigenvalue weighted by atomic mass is 9.95. The van der Waals surface area contributed by atoms with Crippen LogP contribution in [0.3, 0.4) is 0 Å². The summed E-state index contributed by atoms with van der Waals surface area (Å²) in [5, 5.41) is 28.3. The first-order valence-electron chi connectivity index (χ1n) is 11.2. The van der Waals surface area contributed by atoms with Crippen molar-refractivity contribution in [3.63, 3.8) is 0 Å². The summed E-state index contributed by atoms with van der Waals surface area (Å²) in [6.45, 7) is 8.40. The van der Waals surface area contributed by atoms with Crippen molar-refractivity contribution in [3.05, 3.63) is 45.0 Å². The van der Waals surface area contributed by atoms with Gasteiger partial charge in [0.15, 0.2) is 11.6 Å². The molecule has 0 aliphatic carbocycles. The van der Waals surface area contributed by atoms with Crippen LogP contribution in [0.4, 0.5) is 11.9 Å². The lowest BCUT2D eigenvalue weighted by Crippen LogP contribution is -2.50. The number of hydrogen-bond acceptors (Lipinski definition) is 10. The molecule has 0 bridgehead atoms. The van der Waals surface area contributed by atoms with Crippen LogP contribution in [-0.4, -0.2) is 64.7 Å². The molecule has 0 aliphatic rings. The monoisotopic (exact) mass is 492 g/mol. The molecule has 35 heavy (non-hydrogen) atoms. The zero-order valence-electron chi connectivity index (χ0n) is 20.4. The molecule has 0 unspecified atom stereocenters. The first-order valence-corrected chi connectivity index (χ1v) is 11.2. The van der Waals surface area contributed by atoms with E-state index in [0.29, 0.717) is 19.5 Å². The zero-order valence-corrected chi connectivity index (χ0v) is 20.4. The Hall–Kier alpha value is -3.52. The highest BCUT2D eigenvalue weighted by atomic mass is 16.6. The van der Waals surface area contributed by atoms with Crippen molar-refractivity contribution in [1.82, 2.24) is 29.7 Å². The van der Waals surface area contributed by atoms with E-state index >= 15 is 0 Å². The zero-order chi connectivity index (χ0) is 26.2. The average molecular weight is 493 g/mol. The van der Waals surface area contributed by atoms with Crippen molar-refractivity contribution >= 4 is 23.5 Å². The van der Waals surface area contributed by atoms with Crippen molar-refractivity contribution in [3.8, 4) is 0 Å². The smallest absolute Gasteiger partial charge is 0.390 e. The Labute approximate surface area is 202 Å². The van der Waals surface area contributed by atoms with Gasteiger partial charge in [0, 0.05) is 12.8 Å². The summed E-state index contributed by atoms with van der Waals surface area (Å²) >= 11 is 0. The van der Waals surface area contributed by atoms with Crippen LogP contribution in [0.2, 0.25) is 0 Å². The lowest BCUT2D eigenvalue weighted by molar-refractivity contribution is -0.396. The number of carbonyl (C=O) groups is 2. The van der Waals surface area contributed by atoms with Crippen molar-refractivity contribution in [2.75, 3.05) is 13.1 Å². The standard InChI is InChI=1S/C21H32N8O6/c1-20(2,16(30)6-12-26-14-10-22-18(26)28(32)33)24-8-5-9-25-21(3,4)17(31)7-13-27-15-11-23-19(27)29(34)35/h10-11,14-15,24-25H,5-9,12-13H2,1-4H3. The minimum absolute atomic E-state index is 0.0856. The SMILES string of the molecule is CC(C)(NCCCNC(C)(C)C(=O)CCn1ccnc1[N+](=O)[O-])C(=O)CCn1ccnc1[N+](=O)[O-]. The third kappa shape index (κ3) is 7.75. The number of rotatable bonds is 16. The molecule has 0 spiro atoms. The van der Waals surface area contributed by atoms with E-state index in [0.717, 1.165) is 0 Å². The van der Waals surface area contributed by atoms with Gasteiger partial charge >= 0.3 is 11.9 Å². The van der Waals surface area contributed by atoms with Gasteiger partial charge in [-0.15, -0.1) is 0 Å². The quantitative estimate of drug-likeness (QED) is 0.199. The number of nitrogens with one attached hydrogen (secondary N) is 2. The molecule has 2 aromatic heterocycles. The normalized spacial score (nSPS) is 12.0.